The maximum Gasteiger partial charge on any atom is 0.194 e. The predicted molar refractivity (Wildman–Crippen MR) is 78.9 cm³/mol. The highest BCUT2D eigenvalue weighted by molar-refractivity contribution is 6.74. The first kappa shape index (κ1) is 15.5. The molecular weight excluding hydrogens is 240 g/mol. The maximum atomic E-state index is 9.14. The van der Waals surface area contributed by atoms with Gasteiger partial charge >= 0.3 is 0 Å². The van der Waals surface area contributed by atoms with E-state index in [1.165, 1.54) is 0 Å². The van der Waals surface area contributed by atoms with Crippen molar-refractivity contribution < 1.29 is 9.53 Å². The van der Waals surface area contributed by atoms with Crippen LogP contribution in [0.15, 0.2) is 11.6 Å². The van der Waals surface area contributed by atoms with Crippen LogP contribution in [-0.4, -0.2) is 25.6 Å². The molecule has 1 aliphatic carbocycles. The average Bonchev–Trinajstić information content (AvgIpc) is 2.28. The van der Waals surface area contributed by atoms with Crippen molar-refractivity contribution in [3.05, 3.63) is 11.6 Å². The predicted octanol–water partition coefficient (Wildman–Crippen LogP) is 3.48. The molecule has 1 unspecified atom stereocenters. The van der Waals surface area contributed by atoms with Crippen molar-refractivity contribution in [2.75, 3.05) is 6.61 Å². The molecule has 0 saturated carbocycles. The molecule has 1 aliphatic rings. The molecule has 0 aromatic rings. The molecule has 0 saturated heterocycles. The van der Waals surface area contributed by atoms with Crippen LogP contribution >= 0.6 is 0 Å². The Bertz CT molecular complexity index is 371. The van der Waals surface area contributed by atoms with Gasteiger partial charge in [0.15, 0.2) is 8.32 Å². The fourth-order valence-electron chi connectivity index (χ4n) is 1.91. The van der Waals surface area contributed by atoms with E-state index in [1.54, 1.807) is 0 Å². The van der Waals surface area contributed by atoms with Crippen LogP contribution in [0.2, 0.25) is 18.1 Å². The van der Waals surface area contributed by atoms with Gasteiger partial charge in [0, 0.05) is 6.42 Å². The van der Waals surface area contributed by atoms with Gasteiger partial charge in [0.1, 0.15) is 5.60 Å². The van der Waals surface area contributed by atoms with E-state index >= 15 is 0 Å². The number of rotatable bonds is 3. The first-order valence-electron chi connectivity index (χ1n) is 6.62. The van der Waals surface area contributed by atoms with Crippen molar-refractivity contribution >= 4 is 8.32 Å². The second-order valence-corrected chi connectivity index (χ2v) is 11.5. The van der Waals surface area contributed by atoms with Gasteiger partial charge in [-0.05, 0) is 36.5 Å². The van der Waals surface area contributed by atoms with Gasteiger partial charge in [-0.15, -0.1) is 6.42 Å². The molecule has 1 rings (SSSR count). The van der Waals surface area contributed by atoms with Crippen molar-refractivity contribution in [1.29, 1.82) is 0 Å². The lowest BCUT2D eigenvalue weighted by Gasteiger charge is -2.44. The van der Waals surface area contributed by atoms with Crippen LogP contribution in [0.4, 0.5) is 0 Å². The van der Waals surface area contributed by atoms with Crippen LogP contribution in [0.5, 0.6) is 0 Å². The monoisotopic (exact) mass is 266 g/mol. The smallest absolute Gasteiger partial charge is 0.194 e. The lowest BCUT2D eigenvalue weighted by molar-refractivity contribution is 0.0987. The van der Waals surface area contributed by atoms with Crippen LogP contribution in [0, 0.1) is 12.3 Å². The lowest BCUT2D eigenvalue weighted by atomic mass is 9.86. The van der Waals surface area contributed by atoms with Crippen LogP contribution in [0.3, 0.4) is 0 Å². The molecule has 0 bridgehead atoms. The molecule has 1 atom stereocenters. The molecule has 0 fully saturated rings. The Balaban J connectivity index is 2.88. The molecule has 102 valence electrons. The highest BCUT2D eigenvalue weighted by Gasteiger charge is 2.44. The van der Waals surface area contributed by atoms with E-state index in [2.05, 4.69) is 45.9 Å². The Morgan fingerprint density at radius 2 is 2.11 bits per heavy atom. The van der Waals surface area contributed by atoms with E-state index in [0.717, 1.165) is 24.8 Å². The van der Waals surface area contributed by atoms with Crippen LogP contribution in [-0.2, 0) is 4.43 Å². The maximum absolute atomic E-state index is 9.14. The molecule has 0 heterocycles. The molecule has 3 heteroatoms. The number of aliphatic hydroxyl groups excluding tert-OH is 1. The van der Waals surface area contributed by atoms with Gasteiger partial charge in [-0.2, -0.15) is 0 Å². The Morgan fingerprint density at radius 3 is 2.44 bits per heavy atom. The Kier molecular flexibility index (Phi) is 4.48. The van der Waals surface area contributed by atoms with Crippen molar-refractivity contribution in [3.8, 4) is 12.3 Å². The van der Waals surface area contributed by atoms with Crippen molar-refractivity contribution in [1.82, 2.24) is 0 Å². The van der Waals surface area contributed by atoms with Gasteiger partial charge in [0.25, 0.3) is 0 Å². The summed E-state index contributed by atoms with van der Waals surface area (Å²) in [6, 6.07) is 0. The molecule has 1 N–H and O–H groups in total. The van der Waals surface area contributed by atoms with E-state index < -0.39 is 13.9 Å². The van der Waals surface area contributed by atoms with Crippen LogP contribution in [0.25, 0.3) is 0 Å². The second-order valence-electron chi connectivity index (χ2n) is 6.73. The van der Waals surface area contributed by atoms with Crippen molar-refractivity contribution in [2.24, 2.45) is 0 Å². The van der Waals surface area contributed by atoms with E-state index in [-0.39, 0.29) is 11.6 Å². The highest BCUT2D eigenvalue weighted by atomic mass is 28.4. The number of hydrogen-bond acceptors (Lipinski definition) is 2. The molecule has 0 radical (unpaired) electrons. The van der Waals surface area contributed by atoms with E-state index in [4.69, 9.17) is 16.0 Å². The molecule has 18 heavy (non-hydrogen) atoms. The van der Waals surface area contributed by atoms with Crippen LogP contribution < -0.4 is 0 Å². The zero-order valence-corrected chi connectivity index (χ0v) is 13.3. The Hall–Kier alpha value is -0.563. The molecule has 0 spiro atoms. The number of aliphatic hydroxyl groups is 1. The zero-order valence-electron chi connectivity index (χ0n) is 12.3. The largest absolute Gasteiger partial charge is 0.400 e. The molecular formula is C15H26O2Si. The summed E-state index contributed by atoms with van der Waals surface area (Å²) in [7, 11) is -1.85. The average molecular weight is 266 g/mol. The SMILES string of the molecule is C#CC1(O[Si](C)(C)C(C)(C)C)CC=C(CO)CC1. The molecule has 0 aliphatic heterocycles. The molecule has 0 aromatic heterocycles. The van der Waals surface area contributed by atoms with E-state index in [9.17, 15) is 0 Å². The minimum absolute atomic E-state index is 0.140. The van der Waals surface area contributed by atoms with Gasteiger partial charge in [-0.1, -0.05) is 32.8 Å². The summed E-state index contributed by atoms with van der Waals surface area (Å²) < 4.78 is 6.45. The summed E-state index contributed by atoms with van der Waals surface area (Å²) in [4.78, 5) is 0. The summed E-state index contributed by atoms with van der Waals surface area (Å²) in [6.45, 7) is 11.3. The summed E-state index contributed by atoms with van der Waals surface area (Å²) in [6.07, 6.45) is 10.2. The van der Waals surface area contributed by atoms with Gasteiger partial charge in [-0.25, -0.2) is 0 Å². The van der Waals surface area contributed by atoms with Gasteiger partial charge < -0.3 is 9.53 Å². The fourth-order valence-corrected chi connectivity index (χ4v) is 3.44. The third-order valence-electron chi connectivity index (χ3n) is 4.29. The van der Waals surface area contributed by atoms with E-state index in [1.807, 2.05) is 0 Å². The van der Waals surface area contributed by atoms with E-state index in [0.29, 0.717) is 0 Å². The normalized spacial score (nSPS) is 25.5. The minimum Gasteiger partial charge on any atom is -0.400 e. The minimum atomic E-state index is -1.85. The molecule has 0 aromatic carbocycles. The number of terminal acetylenes is 1. The number of hydrogen-bond donors (Lipinski definition) is 1. The quantitative estimate of drug-likeness (QED) is 0.481. The van der Waals surface area contributed by atoms with Crippen LogP contribution in [0.1, 0.15) is 40.0 Å². The molecule has 2 nitrogen and oxygen atoms in total. The Labute approximate surface area is 113 Å². The van der Waals surface area contributed by atoms with Crippen molar-refractivity contribution in [2.45, 2.75) is 63.8 Å². The van der Waals surface area contributed by atoms with Gasteiger partial charge in [-0.3, -0.25) is 0 Å². The second kappa shape index (κ2) is 5.20. The Morgan fingerprint density at radius 1 is 1.50 bits per heavy atom. The molecule has 0 amide bonds. The third kappa shape index (κ3) is 3.26. The summed E-state index contributed by atoms with van der Waals surface area (Å²) in [5.74, 6) is 2.88. The van der Waals surface area contributed by atoms with Gasteiger partial charge in [0.05, 0.1) is 6.61 Å². The topological polar surface area (TPSA) is 29.5 Å². The third-order valence-corrected chi connectivity index (χ3v) is 8.81. The standard InChI is InChI=1S/C15H26O2Si/c1-7-15(10-8-13(12-16)9-11-15)17-18(5,6)14(2,3)4/h1,8,16H,9-12H2,2-6H3. The lowest BCUT2D eigenvalue weighted by Crippen LogP contribution is -2.49. The summed E-state index contributed by atoms with van der Waals surface area (Å²) >= 11 is 0. The van der Waals surface area contributed by atoms with Crippen molar-refractivity contribution in [3.63, 3.8) is 0 Å². The first-order chi connectivity index (χ1) is 8.16. The highest BCUT2D eigenvalue weighted by Crippen LogP contribution is 2.42. The fraction of sp³-hybridized carbons (Fsp3) is 0.733. The zero-order chi connectivity index (χ0) is 14.0. The summed E-state index contributed by atoms with van der Waals surface area (Å²) in [5.41, 5.74) is 0.626. The summed E-state index contributed by atoms with van der Waals surface area (Å²) in [5, 5.41) is 9.31. The first-order valence-corrected chi connectivity index (χ1v) is 9.53. The van der Waals surface area contributed by atoms with Gasteiger partial charge in [0.2, 0.25) is 0 Å².